The van der Waals surface area contributed by atoms with E-state index in [1.807, 2.05) is 19.1 Å². The van der Waals surface area contributed by atoms with E-state index in [9.17, 15) is 14.4 Å². The first-order valence-electron chi connectivity index (χ1n) is 12.0. The number of nitrogens with one attached hydrogen (secondary N) is 1. The normalized spacial score (nSPS) is 18.0. The van der Waals surface area contributed by atoms with Crippen molar-refractivity contribution in [2.24, 2.45) is 0 Å². The summed E-state index contributed by atoms with van der Waals surface area (Å²) in [5.41, 5.74) is 3.31. The minimum Gasteiger partial charge on any atom is -0.497 e. The number of anilines is 2. The van der Waals surface area contributed by atoms with E-state index in [-0.39, 0.29) is 22.5 Å². The molecule has 2 aliphatic rings. The van der Waals surface area contributed by atoms with Gasteiger partial charge in [-0.2, -0.15) is 0 Å². The van der Waals surface area contributed by atoms with Crippen LogP contribution in [0.25, 0.3) is 11.6 Å². The van der Waals surface area contributed by atoms with Gasteiger partial charge in [-0.1, -0.05) is 24.6 Å². The van der Waals surface area contributed by atoms with Crippen molar-refractivity contribution in [3.8, 4) is 11.5 Å². The minimum absolute atomic E-state index is 0.178. The molecule has 1 fully saturated rings. The SMILES string of the molecule is CCCN1c2cc(Cl)c(/C=C3/C(=O)NC(=O)N(c4ccc(OC)cc4OC)C3=O)cc2C(C)=CC1(C)C. The molecule has 0 spiro atoms. The summed E-state index contributed by atoms with van der Waals surface area (Å²) < 4.78 is 10.6. The summed E-state index contributed by atoms with van der Waals surface area (Å²) >= 11 is 6.70. The van der Waals surface area contributed by atoms with E-state index in [1.165, 1.54) is 26.4 Å². The maximum Gasteiger partial charge on any atom is 0.336 e. The summed E-state index contributed by atoms with van der Waals surface area (Å²) in [7, 11) is 2.91. The maximum absolute atomic E-state index is 13.5. The Hall–Kier alpha value is -3.78. The number of urea groups is 1. The third-order valence-electron chi connectivity index (χ3n) is 6.57. The quantitative estimate of drug-likeness (QED) is 0.401. The third-order valence-corrected chi connectivity index (χ3v) is 6.90. The molecule has 0 saturated carbocycles. The molecule has 194 valence electrons. The number of methoxy groups -OCH3 is 2. The average Bonchev–Trinajstić information content (AvgIpc) is 2.84. The van der Waals surface area contributed by atoms with Gasteiger partial charge in [0.05, 0.1) is 25.4 Å². The van der Waals surface area contributed by atoms with Crippen LogP contribution in [0.3, 0.4) is 0 Å². The van der Waals surface area contributed by atoms with Crippen LogP contribution in [0.4, 0.5) is 16.2 Å². The highest BCUT2D eigenvalue weighted by Gasteiger charge is 2.39. The van der Waals surface area contributed by atoms with E-state index in [0.29, 0.717) is 16.3 Å². The molecule has 4 rings (SSSR count). The molecule has 0 unspecified atom stereocenters. The van der Waals surface area contributed by atoms with Crippen LogP contribution in [0, 0.1) is 0 Å². The van der Waals surface area contributed by atoms with Gasteiger partial charge in [0.15, 0.2) is 0 Å². The van der Waals surface area contributed by atoms with Crippen LogP contribution in [0.1, 0.15) is 45.2 Å². The van der Waals surface area contributed by atoms with Crippen molar-refractivity contribution < 1.29 is 23.9 Å². The van der Waals surface area contributed by atoms with Crippen LogP contribution in [0.15, 0.2) is 42.0 Å². The van der Waals surface area contributed by atoms with Crippen molar-refractivity contribution in [2.45, 2.75) is 39.7 Å². The number of nitrogens with zero attached hydrogens (tertiary/aromatic N) is 2. The van der Waals surface area contributed by atoms with E-state index < -0.39 is 17.8 Å². The van der Waals surface area contributed by atoms with Crippen molar-refractivity contribution in [3.63, 3.8) is 0 Å². The molecule has 0 bridgehead atoms. The van der Waals surface area contributed by atoms with Gasteiger partial charge in [0, 0.05) is 28.9 Å². The molecule has 4 amide bonds. The first-order valence-corrected chi connectivity index (χ1v) is 12.3. The van der Waals surface area contributed by atoms with Gasteiger partial charge in [-0.25, -0.2) is 9.69 Å². The van der Waals surface area contributed by atoms with Gasteiger partial charge in [0.25, 0.3) is 11.8 Å². The van der Waals surface area contributed by atoms with Crippen LogP contribution < -0.4 is 24.6 Å². The fraction of sp³-hybridized carbons (Fsp3) is 0.321. The van der Waals surface area contributed by atoms with E-state index in [0.717, 1.165) is 34.7 Å². The van der Waals surface area contributed by atoms with Crippen molar-refractivity contribution in [1.29, 1.82) is 0 Å². The van der Waals surface area contributed by atoms with Crippen LogP contribution in [0.2, 0.25) is 5.02 Å². The lowest BCUT2D eigenvalue weighted by Crippen LogP contribution is -2.54. The number of barbiturate groups is 1. The molecular weight excluding hydrogens is 494 g/mol. The number of benzene rings is 2. The fourth-order valence-electron chi connectivity index (χ4n) is 4.86. The molecule has 0 aromatic heterocycles. The Labute approximate surface area is 221 Å². The molecular formula is C28H30ClN3O5. The second-order valence-corrected chi connectivity index (χ2v) is 9.93. The highest BCUT2D eigenvalue weighted by molar-refractivity contribution is 6.40. The van der Waals surface area contributed by atoms with Gasteiger partial charge in [0.2, 0.25) is 0 Å². The summed E-state index contributed by atoms with van der Waals surface area (Å²) in [6, 6.07) is 7.54. The number of rotatable bonds is 6. The van der Waals surface area contributed by atoms with Gasteiger partial charge in [-0.15, -0.1) is 0 Å². The molecule has 8 nitrogen and oxygen atoms in total. The summed E-state index contributed by atoms with van der Waals surface area (Å²) in [5.74, 6) is -0.856. The molecule has 9 heteroatoms. The number of imide groups is 2. The number of amides is 4. The average molecular weight is 524 g/mol. The Bertz CT molecular complexity index is 1360. The smallest absolute Gasteiger partial charge is 0.336 e. The Kier molecular flexibility index (Phi) is 7.06. The van der Waals surface area contributed by atoms with Gasteiger partial charge in [-0.3, -0.25) is 14.9 Å². The number of fused-ring (bicyclic) bond motifs is 1. The Balaban J connectivity index is 1.80. The highest BCUT2D eigenvalue weighted by Crippen LogP contribution is 2.42. The zero-order chi connectivity index (χ0) is 27.1. The minimum atomic E-state index is -0.872. The molecule has 0 aliphatic carbocycles. The van der Waals surface area contributed by atoms with Crippen LogP contribution in [-0.4, -0.2) is 44.1 Å². The number of ether oxygens (including phenoxy) is 2. The van der Waals surface area contributed by atoms with Gasteiger partial charge >= 0.3 is 6.03 Å². The molecule has 37 heavy (non-hydrogen) atoms. The summed E-state index contributed by atoms with van der Waals surface area (Å²) in [5, 5.41) is 2.64. The standard InChI is InChI=1S/C28H30ClN3O5/c1-7-10-31-23-14-21(29)17(11-19(23)16(2)15-28(31,3)4)12-20-25(33)30-27(35)32(26(20)34)22-9-8-18(36-5)13-24(22)37-6/h8-9,11-15H,7,10H2,1-6H3,(H,30,33,35)/b20-12-. The van der Waals surface area contributed by atoms with Crippen molar-refractivity contribution >= 4 is 52.5 Å². The number of hydrogen-bond acceptors (Lipinski definition) is 6. The maximum atomic E-state index is 13.5. The zero-order valence-electron chi connectivity index (χ0n) is 21.8. The van der Waals surface area contributed by atoms with Crippen LogP contribution in [0.5, 0.6) is 11.5 Å². The van der Waals surface area contributed by atoms with E-state index in [1.54, 1.807) is 12.1 Å². The number of allylic oxidation sites excluding steroid dienone is 1. The second-order valence-electron chi connectivity index (χ2n) is 9.52. The summed E-state index contributed by atoms with van der Waals surface area (Å²) in [4.78, 5) is 42.1. The van der Waals surface area contributed by atoms with Crippen LogP contribution in [-0.2, 0) is 9.59 Å². The van der Waals surface area contributed by atoms with E-state index in [2.05, 4.69) is 37.1 Å². The number of carbonyl (C=O) groups excluding carboxylic acids is 3. The molecule has 1 saturated heterocycles. The lowest BCUT2D eigenvalue weighted by molar-refractivity contribution is -0.122. The topological polar surface area (TPSA) is 88.2 Å². The summed E-state index contributed by atoms with van der Waals surface area (Å²) in [6.45, 7) is 9.32. The van der Waals surface area contributed by atoms with Gasteiger partial charge < -0.3 is 14.4 Å². The third kappa shape index (κ3) is 4.69. The summed E-state index contributed by atoms with van der Waals surface area (Å²) in [6.07, 6.45) is 4.59. The highest BCUT2D eigenvalue weighted by atomic mass is 35.5. The van der Waals surface area contributed by atoms with Gasteiger partial charge in [-0.05, 0) is 68.7 Å². The molecule has 2 aliphatic heterocycles. The fourth-order valence-corrected chi connectivity index (χ4v) is 5.07. The molecule has 0 radical (unpaired) electrons. The largest absolute Gasteiger partial charge is 0.497 e. The van der Waals surface area contributed by atoms with E-state index >= 15 is 0 Å². The Morgan fingerprint density at radius 3 is 2.43 bits per heavy atom. The van der Waals surface area contributed by atoms with Crippen molar-refractivity contribution in [1.82, 2.24) is 5.32 Å². The Morgan fingerprint density at radius 1 is 1.05 bits per heavy atom. The lowest BCUT2D eigenvalue weighted by Gasteiger charge is -2.43. The predicted octanol–water partition coefficient (Wildman–Crippen LogP) is 5.44. The number of hydrogen-bond donors (Lipinski definition) is 1. The van der Waals surface area contributed by atoms with E-state index in [4.69, 9.17) is 21.1 Å². The monoisotopic (exact) mass is 523 g/mol. The molecule has 2 aromatic carbocycles. The van der Waals surface area contributed by atoms with Crippen molar-refractivity contribution in [2.75, 3.05) is 30.6 Å². The first kappa shape index (κ1) is 26.3. The number of halogens is 1. The van der Waals surface area contributed by atoms with Crippen LogP contribution >= 0.6 is 11.6 Å². The molecule has 1 N–H and O–H groups in total. The number of carbonyl (C=O) groups is 3. The lowest BCUT2D eigenvalue weighted by atomic mass is 9.87. The molecule has 2 heterocycles. The Morgan fingerprint density at radius 2 is 1.78 bits per heavy atom. The van der Waals surface area contributed by atoms with Gasteiger partial charge in [0.1, 0.15) is 17.1 Å². The molecule has 2 aromatic rings. The predicted molar refractivity (Wildman–Crippen MR) is 145 cm³/mol. The molecule has 0 atom stereocenters. The second kappa shape index (κ2) is 9.94. The first-order chi connectivity index (χ1) is 17.5. The zero-order valence-corrected chi connectivity index (χ0v) is 22.5. The van der Waals surface area contributed by atoms with Crippen molar-refractivity contribution in [3.05, 3.63) is 58.1 Å².